The monoisotopic (exact) mass is 188 g/mol. The van der Waals surface area contributed by atoms with Gasteiger partial charge in [-0.1, -0.05) is 74.3 Å². The molecule has 0 aliphatic heterocycles. The highest BCUT2D eigenvalue weighted by molar-refractivity contribution is 4.47. The molecule has 0 aromatic carbocycles. The third-order valence-corrected chi connectivity index (χ3v) is 0. The second-order valence-electron chi connectivity index (χ2n) is 0. The Kier molecular flexibility index (Phi) is 220000. The average molecular weight is 188 g/mol. The van der Waals surface area contributed by atoms with Crippen molar-refractivity contribution in [1.29, 1.82) is 0 Å². The maximum Gasteiger partial charge on any atom is 0.124 e. The summed E-state index contributed by atoms with van der Waals surface area (Å²) in [6.45, 7) is 0. The molecular weight excluding hydrogens is 144 g/mol. The molecule has 0 saturated carbocycles. The number of hydrogen-bond donors (Lipinski definition) is 0. The summed E-state index contributed by atoms with van der Waals surface area (Å²) < 4.78 is 5.74. The summed E-state index contributed by atoms with van der Waals surface area (Å²) in [4.78, 5) is 0. The fourth-order valence-electron chi connectivity index (χ4n) is 0. The van der Waals surface area contributed by atoms with Crippen molar-refractivity contribution in [2.75, 3.05) is 0 Å². The normalized spacial score (nSPS) is 0.750. The largest absolute Gasteiger partial charge is 0.124 e. The van der Waals surface area contributed by atoms with E-state index in [1.165, 1.54) is 6.40 Å². The van der Waals surface area contributed by atoms with E-state index in [-0.39, 0.29) is 74.3 Å². The lowest BCUT2D eigenvalue weighted by atomic mass is 11.4. The van der Waals surface area contributed by atoms with Crippen molar-refractivity contribution < 1.29 is 1.37 Å². The maximum absolute atomic E-state index is 5.74. The molecule has 0 N–H and O–H groups in total. The molecule has 0 saturated heterocycles. The lowest BCUT2D eigenvalue weighted by Crippen LogP contribution is -0.576. The summed E-state index contributed by atoms with van der Waals surface area (Å²) in [7, 11) is 0. The molecule has 90 valence electrons. The topological polar surface area (TPSA) is 0 Å². The van der Waals surface area contributed by atoms with Gasteiger partial charge in [0.2, 0.25) is 0 Å². The minimum Gasteiger partial charge on any atom is -0.124 e. The summed E-state index contributed by atoms with van der Waals surface area (Å²) in [5.41, 5.74) is 0. The molecule has 0 unspecified atom stereocenters. The highest BCUT2D eigenvalue weighted by Gasteiger charge is 0.454. The van der Waals surface area contributed by atoms with E-state index in [0.29, 0.717) is 0 Å². The first-order valence-corrected chi connectivity index (χ1v) is 0.289. The first-order valence-electron chi connectivity index (χ1n) is 0.789. The maximum atomic E-state index is 5.74. The van der Waals surface area contributed by atoms with Crippen molar-refractivity contribution in [2.45, 2.75) is 74.3 Å². The van der Waals surface area contributed by atoms with Gasteiger partial charge in [0.25, 0.3) is 0 Å². The molecule has 0 atom stereocenters. The van der Waals surface area contributed by atoms with Gasteiger partial charge in [-0.25, -0.2) is 0 Å². The van der Waals surface area contributed by atoms with E-state index in [1.54, 1.807) is 0 Å². The number of hydrogen-bond acceptors (Lipinski definition) is 0. The van der Waals surface area contributed by atoms with Crippen molar-refractivity contribution in [1.82, 2.24) is 0 Å². The Labute approximate surface area is 89.2 Å². The van der Waals surface area contributed by atoms with Gasteiger partial charge in [-0.3, -0.25) is 0 Å². The van der Waals surface area contributed by atoms with Crippen molar-refractivity contribution in [3.8, 4) is 12.8 Å². The van der Waals surface area contributed by atoms with Crippen LogP contribution in [-0.4, -0.2) is 0 Å². The zero-order chi connectivity index (χ0) is 2.71. The number of rotatable bonds is 0. The molecule has 0 nitrogen and oxygen atoms in total. The van der Waals surface area contributed by atoms with Gasteiger partial charge in [-0.05, 0) is 0 Å². The lowest BCUT2D eigenvalue weighted by molar-refractivity contribution is 2.50. The van der Waals surface area contributed by atoms with Crippen LogP contribution >= 0.6 is 0 Å². The molecule has 0 radical (unpaired) electrons. The van der Waals surface area contributed by atoms with Crippen LogP contribution in [0, 0.1) is 12.8 Å². The Morgan fingerprint density at radius 1 is 0.500 bits per heavy atom. The summed E-state index contributed by atoms with van der Waals surface area (Å²) in [6, 6.07) is 0. The van der Waals surface area contributed by atoms with Crippen molar-refractivity contribution in [2.24, 2.45) is 0 Å². The van der Waals surface area contributed by atoms with Gasteiger partial charge in [0.05, 0.1) is 0 Å². The smallest absolute Gasteiger partial charge is 0.124 e. The van der Waals surface area contributed by atoms with Crippen LogP contribution in [0.2, 0.25) is 0 Å². The van der Waals surface area contributed by atoms with Gasteiger partial charge >= 0.3 is 0 Å². The van der Waals surface area contributed by atoms with Crippen LogP contribution < -0.4 is 0 Å². The molecular formula is C12H42. The minimum atomic E-state index is 0. The second kappa shape index (κ2) is 4990. The zero-order valence-electron chi connectivity index (χ0n) is 2.08. The first-order chi connectivity index (χ1) is 1.41. The van der Waals surface area contributed by atoms with Gasteiger partial charge in [-0.15, -0.1) is 12.8 Å². The van der Waals surface area contributed by atoms with Crippen LogP contribution in [0.15, 0.2) is 0 Å². The highest BCUT2D eigenvalue weighted by Crippen LogP contribution is 0.579. The van der Waals surface area contributed by atoms with Gasteiger partial charge in [-0.2, -0.15) is 0 Å². The molecule has 0 aromatic rings. The molecule has 0 bridgehead atoms. The Morgan fingerprint density at radius 3 is 0.500 bits per heavy atom. The van der Waals surface area contributed by atoms with Crippen molar-refractivity contribution >= 4 is 0 Å². The van der Waals surface area contributed by atoms with E-state index >= 15 is 0 Å². The van der Waals surface area contributed by atoms with Gasteiger partial charge in [0, 0.05) is 0 Å². The Hall–Kier alpha value is -0.440. The Balaban J connectivity index is -0.000000000444. The predicted octanol–water partition coefficient (Wildman–Crippen LogP) is 6.61. The van der Waals surface area contributed by atoms with Crippen molar-refractivity contribution in [3.05, 3.63) is 0 Å². The molecule has 0 aliphatic rings. The fraction of sp³-hybridized carbons (Fsp3) is 0.833. The first kappa shape index (κ1) is 530. The van der Waals surface area contributed by atoms with Crippen LogP contribution in [0.25, 0.3) is 0 Å². The third kappa shape index (κ3) is 3620. The quantitative estimate of drug-likeness (QED) is 0.375. The summed E-state index contributed by atoms with van der Waals surface area (Å²) >= 11 is 0. The van der Waals surface area contributed by atoms with Gasteiger partial charge in [0.1, 0.15) is 1.37 Å². The summed E-state index contributed by atoms with van der Waals surface area (Å²) in [5.74, 6) is 0. The Bertz CT molecular complexity index is 26.6. The Morgan fingerprint density at radius 2 is 0.500 bits per heavy atom. The highest BCUT2D eigenvalue weighted by atomic mass is 12.6. The molecule has 0 heteroatoms. The molecule has 0 heterocycles. The molecule has 0 aliphatic carbocycles. The van der Waals surface area contributed by atoms with E-state index in [9.17, 15) is 0 Å². The van der Waals surface area contributed by atoms with Crippen LogP contribution in [0.4, 0.5) is 0 Å². The molecule has 0 rings (SSSR count). The fourth-order valence-corrected chi connectivity index (χ4v) is 0. The van der Waals surface area contributed by atoms with E-state index in [1.807, 2.05) is 0 Å². The second-order valence-corrected chi connectivity index (χ2v) is 0. The van der Waals surface area contributed by atoms with Crippen LogP contribution in [0.1, 0.15) is 75.6 Å². The molecule has 0 amide bonds. The molecule has 12 heavy (non-hydrogen) atoms. The minimum absolute atomic E-state index is 0. The lowest BCUT2D eigenvalue weighted by Gasteiger charge is -0.701. The van der Waals surface area contributed by atoms with Crippen LogP contribution in [-0.2, 0) is 0 Å². The SMILES string of the molecule is C.C.C.C.C.C.C.C.C.C.[3H]C#C. The van der Waals surface area contributed by atoms with E-state index in [0.717, 1.165) is 0 Å². The van der Waals surface area contributed by atoms with Crippen LogP contribution in [0.3, 0.4) is 0 Å². The van der Waals surface area contributed by atoms with Crippen molar-refractivity contribution in [3.63, 3.8) is 0 Å². The summed E-state index contributed by atoms with van der Waals surface area (Å²) in [5, 5.41) is 0. The molecule has 0 aromatic heterocycles. The van der Waals surface area contributed by atoms with E-state index in [2.05, 4.69) is 6.42 Å². The molecule has 0 fully saturated rings. The van der Waals surface area contributed by atoms with E-state index in [4.69, 9.17) is 1.37 Å². The van der Waals surface area contributed by atoms with E-state index < -0.39 is 0 Å². The van der Waals surface area contributed by atoms with Gasteiger partial charge < -0.3 is 0 Å². The zero-order valence-corrected chi connectivity index (χ0v) is 1.08. The van der Waals surface area contributed by atoms with Gasteiger partial charge in [0.15, 0.2) is 0 Å². The average Bonchev–Trinajstić information content (AvgIpc) is 0.918. The predicted molar refractivity (Wildman–Crippen MR) is 77.2 cm³/mol. The summed E-state index contributed by atoms with van der Waals surface area (Å²) in [6.07, 6.45) is 5.76. The third-order valence-electron chi connectivity index (χ3n) is 0. The molecule has 0 spiro atoms. The van der Waals surface area contributed by atoms with Crippen LogP contribution in [0.5, 0.6) is 0 Å². The standard InChI is InChI=1S/C2H2.10CH4/c1-2;;;;;;;;;;/h1-2H;10*1H4/i1T;;;;;;;;;;. The number of terminal acetylenes is 1.